The summed E-state index contributed by atoms with van der Waals surface area (Å²) in [5, 5.41) is 25.4. The number of thioether (sulfide) groups is 1. The molecule has 214 valence electrons. The second kappa shape index (κ2) is 12.5. The number of aromatic nitrogens is 2. The number of carboxylic acid groups (broad SMARTS) is 2. The van der Waals surface area contributed by atoms with Crippen molar-refractivity contribution in [1.29, 1.82) is 0 Å². The quantitative estimate of drug-likeness (QED) is 0.200. The molecule has 0 bridgehead atoms. The molecule has 40 heavy (non-hydrogen) atoms. The van der Waals surface area contributed by atoms with Gasteiger partial charge in [-0.1, -0.05) is 11.2 Å². The molecule has 0 radical (unpaired) electrons. The third-order valence-corrected chi connectivity index (χ3v) is 7.83. The maximum Gasteiger partial charge on any atom is 0.490 e. The lowest BCUT2D eigenvalue weighted by atomic mass is 10.0. The number of anilines is 1. The molecule has 0 aromatic carbocycles. The highest BCUT2D eigenvalue weighted by Crippen LogP contribution is 2.41. The number of nitrogens with one attached hydrogen (secondary N) is 1. The number of hydrogen-bond donors (Lipinski definition) is 4. The maximum atomic E-state index is 12.9. The fourth-order valence-electron chi connectivity index (χ4n) is 3.31. The Morgan fingerprint density at radius 1 is 1.30 bits per heavy atom. The van der Waals surface area contributed by atoms with Gasteiger partial charge in [-0.05, 0) is 18.6 Å². The second-order valence-corrected chi connectivity index (χ2v) is 10.9. The SMILES string of the molecule is CON=C(C(=O)NC1C(=O)N2C(C(=O)O)=C(C=Cc3cnc(C)s3)CS[C@H]12)c1csc(N)n1.O=C(O)C(F)(F)F. The minimum absolute atomic E-state index is 0.0928. The number of carbonyl (C=O) groups is 4. The lowest BCUT2D eigenvalue weighted by Gasteiger charge is -2.49. The average molecular weight is 621 g/mol. The van der Waals surface area contributed by atoms with Crippen LogP contribution in [0.4, 0.5) is 18.3 Å². The van der Waals surface area contributed by atoms with E-state index in [1.165, 1.54) is 35.1 Å². The summed E-state index contributed by atoms with van der Waals surface area (Å²) in [6.07, 6.45) is 0.0843. The van der Waals surface area contributed by atoms with Gasteiger partial charge in [0, 0.05) is 22.2 Å². The number of β-lactam (4-membered cyclic amide) rings is 1. The number of allylic oxidation sites excluding steroid dienone is 1. The van der Waals surface area contributed by atoms with Crippen molar-refractivity contribution in [2.45, 2.75) is 24.5 Å². The fraction of sp³-hybridized carbons (Fsp3) is 0.286. The zero-order valence-corrected chi connectivity index (χ0v) is 22.8. The Hall–Kier alpha value is -3.97. The third kappa shape index (κ3) is 6.96. The van der Waals surface area contributed by atoms with Crippen LogP contribution in [0.3, 0.4) is 0 Å². The maximum absolute atomic E-state index is 12.9. The highest BCUT2D eigenvalue weighted by atomic mass is 32.2. The van der Waals surface area contributed by atoms with Crippen molar-refractivity contribution in [1.82, 2.24) is 20.2 Å². The number of fused-ring (bicyclic) bond motifs is 1. The second-order valence-electron chi connectivity index (χ2n) is 7.65. The van der Waals surface area contributed by atoms with Gasteiger partial charge >= 0.3 is 18.1 Å². The minimum Gasteiger partial charge on any atom is -0.477 e. The van der Waals surface area contributed by atoms with Crippen molar-refractivity contribution in [3.8, 4) is 0 Å². The summed E-state index contributed by atoms with van der Waals surface area (Å²) in [4.78, 5) is 61.5. The Morgan fingerprint density at radius 2 is 1.98 bits per heavy atom. The van der Waals surface area contributed by atoms with Gasteiger partial charge in [0.15, 0.2) is 10.8 Å². The first-order valence-corrected chi connectivity index (χ1v) is 13.4. The predicted molar refractivity (Wildman–Crippen MR) is 139 cm³/mol. The van der Waals surface area contributed by atoms with E-state index in [-0.39, 0.29) is 22.2 Å². The number of nitrogen functional groups attached to an aromatic ring is 1. The molecule has 1 saturated heterocycles. The highest BCUT2D eigenvalue weighted by molar-refractivity contribution is 8.00. The van der Waals surface area contributed by atoms with Crippen LogP contribution in [0, 0.1) is 6.92 Å². The smallest absolute Gasteiger partial charge is 0.477 e. The zero-order valence-electron chi connectivity index (χ0n) is 20.3. The van der Waals surface area contributed by atoms with Crippen molar-refractivity contribution >= 4 is 75.1 Å². The van der Waals surface area contributed by atoms with Gasteiger partial charge in [-0.15, -0.1) is 34.4 Å². The van der Waals surface area contributed by atoms with Gasteiger partial charge in [0.05, 0.1) is 5.01 Å². The molecule has 0 saturated carbocycles. The summed E-state index contributed by atoms with van der Waals surface area (Å²) >= 11 is 3.97. The van der Waals surface area contributed by atoms with Crippen molar-refractivity contribution in [2.24, 2.45) is 5.16 Å². The Kier molecular flexibility index (Phi) is 9.53. The normalized spacial score (nSPS) is 19.0. The van der Waals surface area contributed by atoms with E-state index < -0.39 is 41.3 Å². The van der Waals surface area contributed by atoms with E-state index in [0.29, 0.717) is 11.3 Å². The number of carbonyl (C=O) groups excluding carboxylic acids is 2. The summed E-state index contributed by atoms with van der Waals surface area (Å²) in [6.45, 7) is 1.88. The number of nitrogens with two attached hydrogens (primary N) is 1. The summed E-state index contributed by atoms with van der Waals surface area (Å²) in [5.41, 5.74) is 6.13. The van der Waals surface area contributed by atoms with E-state index in [2.05, 4.69) is 20.4 Å². The van der Waals surface area contributed by atoms with Crippen LogP contribution in [0.25, 0.3) is 6.08 Å². The van der Waals surface area contributed by atoms with E-state index in [4.69, 9.17) is 20.5 Å². The largest absolute Gasteiger partial charge is 0.490 e. The molecule has 2 atom stereocenters. The Bertz CT molecular complexity index is 1420. The molecule has 4 heterocycles. The number of alkyl halides is 3. The molecule has 0 spiro atoms. The Morgan fingerprint density at radius 3 is 2.48 bits per heavy atom. The first kappa shape index (κ1) is 30.6. The molecule has 2 aromatic rings. The van der Waals surface area contributed by atoms with E-state index in [1.807, 2.05) is 6.92 Å². The molecule has 13 nitrogen and oxygen atoms in total. The first-order chi connectivity index (χ1) is 18.7. The van der Waals surface area contributed by atoms with E-state index in [9.17, 15) is 32.7 Å². The molecule has 2 aliphatic heterocycles. The van der Waals surface area contributed by atoms with E-state index >= 15 is 0 Å². The summed E-state index contributed by atoms with van der Waals surface area (Å²) < 4.78 is 31.7. The van der Waals surface area contributed by atoms with Crippen molar-refractivity contribution in [3.63, 3.8) is 0 Å². The van der Waals surface area contributed by atoms with Crippen LogP contribution in [0.1, 0.15) is 15.6 Å². The minimum atomic E-state index is -5.08. The van der Waals surface area contributed by atoms with Gasteiger partial charge < -0.3 is 26.1 Å². The molecule has 0 aliphatic carbocycles. The lowest BCUT2D eigenvalue weighted by molar-refractivity contribution is -0.192. The van der Waals surface area contributed by atoms with Crippen LogP contribution in [0.15, 0.2) is 34.1 Å². The molecule has 2 amide bonds. The number of amides is 2. The highest BCUT2D eigenvalue weighted by Gasteiger charge is 2.54. The molecular weight excluding hydrogens is 601 g/mol. The van der Waals surface area contributed by atoms with Crippen LogP contribution in [-0.2, 0) is 24.0 Å². The zero-order chi connectivity index (χ0) is 29.8. The molecule has 19 heteroatoms. The molecule has 2 aromatic heterocycles. The number of nitrogens with zero attached hydrogens (tertiary/aromatic N) is 4. The first-order valence-electron chi connectivity index (χ1n) is 10.7. The van der Waals surface area contributed by atoms with Crippen LogP contribution in [0.5, 0.6) is 0 Å². The van der Waals surface area contributed by atoms with Crippen LogP contribution < -0.4 is 11.1 Å². The molecular formula is C21H19F3N6O7S3. The number of carboxylic acids is 2. The van der Waals surface area contributed by atoms with E-state index in [1.54, 1.807) is 23.7 Å². The number of aryl methyl sites for hydroxylation is 1. The average Bonchev–Trinajstić information content (AvgIpc) is 3.50. The van der Waals surface area contributed by atoms with Gasteiger partial charge in [-0.25, -0.2) is 19.6 Å². The summed E-state index contributed by atoms with van der Waals surface area (Å²) in [7, 11) is 1.28. The summed E-state index contributed by atoms with van der Waals surface area (Å²) in [6, 6.07) is -0.912. The van der Waals surface area contributed by atoms with Crippen LogP contribution in [-0.4, -0.2) is 85.0 Å². The molecule has 1 unspecified atom stereocenters. The third-order valence-electron chi connectivity index (χ3n) is 4.98. The van der Waals surface area contributed by atoms with Crippen molar-refractivity contribution in [2.75, 3.05) is 18.6 Å². The van der Waals surface area contributed by atoms with Gasteiger partial charge in [0.2, 0.25) is 0 Å². The fourth-order valence-corrected chi connectivity index (χ4v) is 5.86. The number of thiazole rings is 2. The number of hydrogen-bond acceptors (Lipinski definition) is 12. The van der Waals surface area contributed by atoms with Gasteiger partial charge in [-0.3, -0.25) is 14.5 Å². The molecule has 5 N–H and O–H groups in total. The van der Waals surface area contributed by atoms with Gasteiger partial charge in [0.25, 0.3) is 11.8 Å². The van der Waals surface area contributed by atoms with E-state index in [0.717, 1.165) is 21.2 Å². The molecule has 1 fully saturated rings. The summed E-state index contributed by atoms with van der Waals surface area (Å²) in [5.74, 6) is -4.80. The predicted octanol–water partition coefficient (Wildman–Crippen LogP) is 1.93. The van der Waals surface area contributed by atoms with Gasteiger partial charge in [-0.2, -0.15) is 13.2 Å². The Labute approximate surface area is 235 Å². The molecule has 2 aliphatic rings. The number of aliphatic carboxylic acids is 2. The van der Waals surface area contributed by atoms with Gasteiger partial charge in [0.1, 0.15) is 29.9 Å². The van der Waals surface area contributed by atoms with Crippen LogP contribution >= 0.6 is 34.4 Å². The number of oxime groups is 1. The monoisotopic (exact) mass is 620 g/mol. The van der Waals surface area contributed by atoms with Crippen molar-refractivity contribution < 1.29 is 47.4 Å². The van der Waals surface area contributed by atoms with Crippen molar-refractivity contribution in [3.05, 3.63) is 44.5 Å². The number of rotatable bonds is 7. The van der Waals surface area contributed by atoms with Crippen LogP contribution in [0.2, 0.25) is 0 Å². The standard InChI is InChI=1S/C19H18N6O5S3.C2HF3O2/c1-8-21-5-10(33-8)4-3-9-6-31-17-13(16(27)25(17)14(9)18(28)29)23-15(26)12(24-30-2)11-7-32-19(20)22-11;3-2(4,5)1(6)7/h3-5,7,13,17H,6H2,1-2H3,(H2,20,22)(H,23,26)(H,28,29);(H,6,7)/t13?,17-;/m1./s1. The Balaban J connectivity index is 0.000000559. The molecule has 4 rings (SSSR count). The number of halogens is 3. The lowest BCUT2D eigenvalue weighted by Crippen LogP contribution is -2.71. The topological polar surface area (TPSA) is 197 Å².